The lowest BCUT2D eigenvalue weighted by atomic mass is 10.2. The number of rotatable bonds is 8. The third kappa shape index (κ3) is 5.77. The van der Waals surface area contributed by atoms with Crippen molar-refractivity contribution in [3.8, 4) is 5.75 Å². The van der Waals surface area contributed by atoms with Crippen molar-refractivity contribution in [2.45, 2.75) is 32.0 Å². The molecule has 1 aliphatic heterocycles. The Kier molecular flexibility index (Phi) is 6.97. The largest absolute Gasteiger partial charge is 0.491 e. The minimum atomic E-state index is -1.10. The van der Waals surface area contributed by atoms with Gasteiger partial charge in [-0.2, -0.15) is 0 Å². The van der Waals surface area contributed by atoms with Crippen LogP contribution in [-0.2, 0) is 14.3 Å². The van der Waals surface area contributed by atoms with Crippen LogP contribution in [0.25, 0.3) is 0 Å². The summed E-state index contributed by atoms with van der Waals surface area (Å²) in [5.74, 6) is -0.775. The maximum atomic E-state index is 12.4. The first-order valence-electron chi connectivity index (χ1n) is 9.53. The van der Waals surface area contributed by atoms with E-state index in [9.17, 15) is 19.7 Å². The highest BCUT2D eigenvalue weighted by Gasteiger charge is 2.21. The summed E-state index contributed by atoms with van der Waals surface area (Å²) in [4.78, 5) is 34.9. The molecule has 0 saturated carbocycles. The molecule has 0 radical (unpaired) electrons. The maximum absolute atomic E-state index is 12.4. The monoisotopic (exact) mass is 414 g/mol. The van der Waals surface area contributed by atoms with Gasteiger partial charge in [0.25, 0.3) is 11.6 Å². The maximum Gasteiger partial charge on any atom is 0.339 e. The fourth-order valence-corrected chi connectivity index (χ4v) is 2.90. The summed E-state index contributed by atoms with van der Waals surface area (Å²) in [6, 6.07) is 12.0. The van der Waals surface area contributed by atoms with Gasteiger partial charge in [0.15, 0.2) is 6.10 Å². The number of carbonyl (C=O) groups excluding carboxylic acids is 2. The summed E-state index contributed by atoms with van der Waals surface area (Å²) in [6.07, 6.45) is 0.904. The van der Waals surface area contributed by atoms with E-state index in [1.807, 2.05) is 0 Å². The van der Waals surface area contributed by atoms with Gasteiger partial charge in [0.1, 0.15) is 12.4 Å². The Balaban J connectivity index is 1.55. The Hall–Kier alpha value is -3.46. The van der Waals surface area contributed by atoms with Crippen LogP contribution in [0.1, 0.15) is 30.1 Å². The molecule has 0 aliphatic carbocycles. The smallest absolute Gasteiger partial charge is 0.339 e. The van der Waals surface area contributed by atoms with E-state index in [1.54, 1.807) is 24.3 Å². The molecular formula is C21H22N2O7. The van der Waals surface area contributed by atoms with Crippen LogP contribution < -0.4 is 10.1 Å². The fourth-order valence-electron chi connectivity index (χ4n) is 2.90. The molecule has 0 bridgehead atoms. The lowest BCUT2D eigenvalue weighted by molar-refractivity contribution is -0.384. The number of hydrogen-bond donors (Lipinski definition) is 1. The van der Waals surface area contributed by atoms with Gasteiger partial charge in [0.2, 0.25) is 0 Å². The van der Waals surface area contributed by atoms with Crippen LogP contribution >= 0.6 is 0 Å². The number of amides is 1. The number of esters is 1. The van der Waals surface area contributed by atoms with Crippen LogP contribution in [0.4, 0.5) is 11.4 Å². The van der Waals surface area contributed by atoms with Crippen LogP contribution in [-0.4, -0.2) is 42.2 Å². The summed E-state index contributed by atoms with van der Waals surface area (Å²) < 4.78 is 16.4. The standard InChI is InChI=1S/C21H22N2O7/c1-14(20(24)22-16-6-3-7-17(12-16)23(26)27)30-21(25)15-5-2-8-18(11-15)29-13-19-9-4-10-28-19/h2-3,5-8,11-12,14,19H,4,9-10,13H2,1H3,(H,22,24)/t14-,19-/m1/s1. The number of benzene rings is 2. The van der Waals surface area contributed by atoms with E-state index >= 15 is 0 Å². The first kappa shape index (κ1) is 21.3. The van der Waals surface area contributed by atoms with Crippen LogP contribution in [0.2, 0.25) is 0 Å². The molecule has 1 saturated heterocycles. The number of hydrogen-bond acceptors (Lipinski definition) is 7. The van der Waals surface area contributed by atoms with E-state index in [0.29, 0.717) is 12.4 Å². The molecule has 1 amide bonds. The van der Waals surface area contributed by atoms with Gasteiger partial charge in [-0.15, -0.1) is 0 Å². The first-order chi connectivity index (χ1) is 14.4. The predicted molar refractivity (Wildman–Crippen MR) is 108 cm³/mol. The van der Waals surface area contributed by atoms with Gasteiger partial charge in [-0.05, 0) is 44.0 Å². The van der Waals surface area contributed by atoms with Crippen LogP contribution in [0.15, 0.2) is 48.5 Å². The molecule has 9 heteroatoms. The SMILES string of the molecule is C[C@@H](OC(=O)c1cccc(OC[C@H]2CCCO2)c1)C(=O)Nc1cccc([N+](=O)[O-])c1. The zero-order chi connectivity index (χ0) is 21.5. The van der Waals surface area contributed by atoms with Crippen LogP contribution in [0.3, 0.4) is 0 Å². The molecule has 1 heterocycles. The summed E-state index contributed by atoms with van der Waals surface area (Å²) in [5, 5.41) is 13.3. The number of nitrogens with one attached hydrogen (secondary N) is 1. The Morgan fingerprint density at radius 2 is 2.07 bits per heavy atom. The van der Waals surface area contributed by atoms with Crippen molar-refractivity contribution in [1.29, 1.82) is 0 Å². The number of non-ortho nitro benzene ring substituents is 1. The van der Waals surface area contributed by atoms with E-state index in [2.05, 4.69) is 5.32 Å². The fraction of sp³-hybridized carbons (Fsp3) is 0.333. The number of nitro groups is 1. The Morgan fingerprint density at radius 1 is 1.27 bits per heavy atom. The van der Waals surface area contributed by atoms with Crippen molar-refractivity contribution in [3.63, 3.8) is 0 Å². The average molecular weight is 414 g/mol. The average Bonchev–Trinajstić information content (AvgIpc) is 3.26. The molecule has 0 spiro atoms. The molecule has 0 unspecified atom stereocenters. The topological polar surface area (TPSA) is 117 Å². The van der Waals surface area contributed by atoms with Crippen molar-refractivity contribution in [1.82, 2.24) is 0 Å². The molecule has 9 nitrogen and oxygen atoms in total. The molecule has 0 aromatic heterocycles. The van der Waals surface area contributed by atoms with Crippen LogP contribution in [0, 0.1) is 10.1 Å². The summed E-state index contributed by atoms with van der Waals surface area (Å²) in [5.41, 5.74) is 0.328. The molecule has 1 fully saturated rings. The molecule has 2 aromatic rings. The zero-order valence-electron chi connectivity index (χ0n) is 16.4. The molecule has 3 rings (SSSR count). The quantitative estimate of drug-likeness (QED) is 0.400. The van der Waals surface area contributed by atoms with Gasteiger partial charge >= 0.3 is 5.97 Å². The van der Waals surface area contributed by atoms with Crippen molar-refractivity contribution < 1.29 is 28.7 Å². The molecule has 2 atom stereocenters. The van der Waals surface area contributed by atoms with Gasteiger partial charge in [-0.3, -0.25) is 14.9 Å². The van der Waals surface area contributed by atoms with Crippen molar-refractivity contribution in [2.24, 2.45) is 0 Å². The van der Waals surface area contributed by atoms with Crippen molar-refractivity contribution in [2.75, 3.05) is 18.5 Å². The van der Waals surface area contributed by atoms with Crippen molar-refractivity contribution in [3.05, 3.63) is 64.2 Å². The summed E-state index contributed by atoms with van der Waals surface area (Å²) in [7, 11) is 0. The van der Waals surface area contributed by atoms with Gasteiger partial charge in [-0.1, -0.05) is 12.1 Å². The van der Waals surface area contributed by atoms with Gasteiger partial charge < -0.3 is 19.5 Å². The van der Waals surface area contributed by atoms with Crippen LogP contribution in [0.5, 0.6) is 5.75 Å². The first-order valence-corrected chi connectivity index (χ1v) is 9.53. The third-order valence-corrected chi connectivity index (χ3v) is 4.51. The number of nitrogens with zero attached hydrogens (tertiary/aromatic N) is 1. The summed E-state index contributed by atoms with van der Waals surface area (Å²) >= 11 is 0. The van der Waals surface area contributed by atoms with E-state index in [0.717, 1.165) is 19.4 Å². The molecule has 1 aliphatic rings. The number of carbonyl (C=O) groups is 2. The normalized spacial score (nSPS) is 16.5. The highest BCUT2D eigenvalue weighted by Crippen LogP contribution is 2.19. The molecule has 30 heavy (non-hydrogen) atoms. The molecular weight excluding hydrogens is 392 g/mol. The Bertz CT molecular complexity index is 925. The predicted octanol–water partition coefficient (Wildman–Crippen LogP) is 3.34. The highest BCUT2D eigenvalue weighted by molar-refractivity contribution is 5.97. The number of anilines is 1. The van der Waals surface area contributed by atoms with E-state index in [-0.39, 0.29) is 23.0 Å². The van der Waals surface area contributed by atoms with Crippen molar-refractivity contribution >= 4 is 23.3 Å². The molecule has 1 N–H and O–H groups in total. The van der Waals surface area contributed by atoms with Gasteiger partial charge in [0.05, 0.1) is 16.6 Å². The van der Waals surface area contributed by atoms with Gasteiger partial charge in [-0.25, -0.2) is 4.79 Å². The zero-order valence-corrected chi connectivity index (χ0v) is 16.4. The summed E-state index contributed by atoms with van der Waals surface area (Å²) in [6.45, 7) is 2.56. The lowest BCUT2D eigenvalue weighted by Crippen LogP contribution is -2.30. The number of nitro benzene ring substituents is 1. The highest BCUT2D eigenvalue weighted by atomic mass is 16.6. The van der Waals surface area contributed by atoms with Gasteiger partial charge in [0, 0.05) is 24.4 Å². The minimum Gasteiger partial charge on any atom is -0.491 e. The van der Waals surface area contributed by atoms with E-state index in [4.69, 9.17) is 14.2 Å². The second kappa shape index (κ2) is 9.84. The van der Waals surface area contributed by atoms with E-state index < -0.39 is 22.9 Å². The lowest BCUT2D eigenvalue weighted by Gasteiger charge is -2.14. The van der Waals surface area contributed by atoms with E-state index in [1.165, 1.54) is 31.2 Å². The molecule has 158 valence electrons. The third-order valence-electron chi connectivity index (χ3n) is 4.51. The Labute approximate surface area is 173 Å². The minimum absolute atomic E-state index is 0.0538. The molecule has 2 aromatic carbocycles. The Morgan fingerprint density at radius 3 is 2.80 bits per heavy atom. The number of ether oxygens (including phenoxy) is 3. The second-order valence-electron chi connectivity index (χ2n) is 6.82. The second-order valence-corrected chi connectivity index (χ2v) is 6.82.